The fraction of sp³-hybridized carbons (Fsp3) is 0.583. The summed E-state index contributed by atoms with van der Waals surface area (Å²) >= 11 is 0. The second-order valence-electron chi connectivity index (χ2n) is 5.05. The Morgan fingerprint density at radius 3 is 2.83 bits per heavy atom. The molecule has 1 fully saturated rings. The maximum Gasteiger partial charge on any atom is 0.356 e. The highest BCUT2D eigenvalue weighted by atomic mass is 16.5. The number of rotatable bonds is 3. The Bertz CT molecular complexity index is 431. The van der Waals surface area contributed by atoms with Gasteiger partial charge in [0, 0.05) is 12.6 Å². The van der Waals surface area contributed by atoms with Crippen LogP contribution in [0.2, 0.25) is 0 Å². The minimum absolute atomic E-state index is 0.0483. The van der Waals surface area contributed by atoms with Crippen LogP contribution in [0, 0.1) is 0 Å². The zero-order valence-corrected chi connectivity index (χ0v) is 10.5. The average Bonchev–Trinajstić information content (AvgIpc) is 2.28. The van der Waals surface area contributed by atoms with Crippen LogP contribution in [0.25, 0.3) is 0 Å². The lowest BCUT2D eigenvalue weighted by Crippen LogP contribution is -2.40. The number of carboxylic acids is 1. The lowest BCUT2D eigenvalue weighted by molar-refractivity contribution is -0.0553. The number of nitrogens with one attached hydrogen (secondary N) is 1. The lowest BCUT2D eigenvalue weighted by Gasteiger charge is -2.35. The first kappa shape index (κ1) is 12.8. The van der Waals surface area contributed by atoms with E-state index in [1.54, 1.807) is 6.07 Å². The average molecular weight is 251 g/mol. The number of carbonyl (C=O) groups is 1. The summed E-state index contributed by atoms with van der Waals surface area (Å²) in [6.45, 7) is 4.82. The Balaban J connectivity index is 1.99. The van der Waals surface area contributed by atoms with E-state index in [-0.39, 0.29) is 17.3 Å². The molecular weight excluding hydrogens is 234 g/mol. The van der Waals surface area contributed by atoms with Crippen molar-refractivity contribution in [3.05, 3.63) is 17.8 Å². The molecular formula is C12H17N3O3. The van der Waals surface area contributed by atoms with Crippen molar-refractivity contribution >= 4 is 11.8 Å². The van der Waals surface area contributed by atoms with Crippen molar-refractivity contribution in [2.24, 2.45) is 0 Å². The number of hydrogen-bond donors (Lipinski definition) is 2. The van der Waals surface area contributed by atoms with Crippen molar-refractivity contribution in [2.45, 2.75) is 38.3 Å². The normalized spacial score (nSPS) is 22.4. The standard InChI is InChI=1S/C12H17N3O3/c1-12(2)7-8(5-6-18-12)13-10-4-3-9(11(16)17)14-15-10/h3-4,8H,5-7H2,1-2H3,(H,13,15)(H,16,17). The Morgan fingerprint density at radius 2 is 2.28 bits per heavy atom. The van der Waals surface area contributed by atoms with Gasteiger partial charge in [0.15, 0.2) is 5.69 Å². The molecule has 2 N–H and O–H groups in total. The third kappa shape index (κ3) is 3.16. The van der Waals surface area contributed by atoms with E-state index >= 15 is 0 Å². The molecule has 98 valence electrons. The van der Waals surface area contributed by atoms with E-state index in [2.05, 4.69) is 29.4 Å². The van der Waals surface area contributed by atoms with Gasteiger partial charge in [0.05, 0.1) is 5.60 Å². The van der Waals surface area contributed by atoms with E-state index in [9.17, 15) is 4.79 Å². The van der Waals surface area contributed by atoms with Crippen LogP contribution >= 0.6 is 0 Å². The van der Waals surface area contributed by atoms with E-state index < -0.39 is 5.97 Å². The van der Waals surface area contributed by atoms with Crippen LogP contribution in [-0.4, -0.2) is 39.5 Å². The molecule has 1 aliphatic rings. The molecule has 1 aromatic heterocycles. The fourth-order valence-electron chi connectivity index (χ4n) is 2.09. The quantitative estimate of drug-likeness (QED) is 0.847. The number of ether oxygens (including phenoxy) is 1. The molecule has 6 heteroatoms. The molecule has 1 aromatic rings. The van der Waals surface area contributed by atoms with Crippen LogP contribution in [0.1, 0.15) is 37.2 Å². The molecule has 0 aliphatic carbocycles. The van der Waals surface area contributed by atoms with Crippen LogP contribution in [-0.2, 0) is 4.74 Å². The van der Waals surface area contributed by atoms with Crippen molar-refractivity contribution in [1.82, 2.24) is 10.2 Å². The van der Waals surface area contributed by atoms with Crippen LogP contribution in [0.4, 0.5) is 5.82 Å². The molecule has 1 unspecified atom stereocenters. The Hall–Kier alpha value is -1.69. The zero-order chi connectivity index (χ0) is 13.2. The van der Waals surface area contributed by atoms with Gasteiger partial charge >= 0.3 is 5.97 Å². The maximum atomic E-state index is 10.6. The van der Waals surface area contributed by atoms with E-state index in [0.29, 0.717) is 12.4 Å². The monoisotopic (exact) mass is 251 g/mol. The van der Waals surface area contributed by atoms with Crippen LogP contribution in [0.5, 0.6) is 0 Å². The number of carboxylic acid groups (broad SMARTS) is 1. The van der Waals surface area contributed by atoms with Crippen molar-refractivity contribution in [2.75, 3.05) is 11.9 Å². The maximum absolute atomic E-state index is 10.6. The molecule has 2 rings (SSSR count). The molecule has 1 atom stereocenters. The fourth-order valence-corrected chi connectivity index (χ4v) is 2.09. The summed E-state index contributed by atoms with van der Waals surface area (Å²) in [7, 11) is 0. The predicted octanol–water partition coefficient (Wildman–Crippen LogP) is 1.54. The number of aromatic nitrogens is 2. The summed E-state index contributed by atoms with van der Waals surface area (Å²) in [5.41, 5.74) is -0.183. The molecule has 1 aliphatic heterocycles. The van der Waals surface area contributed by atoms with Crippen LogP contribution in [0.3, 0.4) is 0 Å². The minimum Gasteiger partial charge on any atom is -0.476 e. The van der Waals surface area contributed by atoms with Crippen molar-refractivity contribution in [3.63, 3.8) is 0 Å². The van der Waals surface area contributed by atoms with Gasteiger partial charge in [0.25, 0.3) is 0 Å². The first-order valence-electron chi connectivity index (χ1n) is 5.94. The third-order valence-corrected chi connectivity index (χ3v) is 2.93. The summed E-state index contributed by atoms with van der Waals surface area (Å²) < 4.78 is 5.63. The topological polar surface area (TPSA) is 84.3 Å². The molecule has 6 nitrogen and oxygen atoms in total. The van der Waals surface area contributed by atoms with E-state index in [1.807, 2.05) is 0 Å². The third-order valence-electron chi connectivity index (χ3n) is 2.93. The van der Waals surface area contributed by atoms with Crippen LogP contribution in [0.15, 0.2) is 12.1 Å². The van der Waals surface area contributed by atoms with Crippen molar-refractivity contribution in [3.8, 4) is 0 Å². The van der Waals surface area contributed by atoms with Gasteiger partial charge in [-0.2, -0.15) is 0 Å². The molecule has 0 saturated carbocycles. The van der Waals surface area contributed by atoms with Crippen molar-refractivity contribution in [1.29, 1.82) is 0 Å². The zero-order valence-electron chi connectivity index (χ0n) is 10.5. The van der Waals surface area contributed by atoms with E-state index in [0.717, 1.165) is 12.8 Å². The van der Waals surface area contributed by atoms with Gasteiger partial charge in [0.1, 0.15) is 5.82 Å². The molecule has 0 aromatic carbocycles. The number of anilines is 1. The van der Waals surface area contributed by atoms with E-state index in [4.69, 9.17) is 9.84 Å². The first-order chi connectivity index (χ1) is 8.46. The van der Waals surface area contributed by atoms with Gasteiger partial charge in [0.2, 0.25) is 0 Å². The highest BCUT2D eigenvalue weighted by Crippen LogP contribution is 2.25. The predicted molar refractivity (Wildman–Crippen MR) is 65.7 cm³/mol. The highest BCUT2D eigenvalue weighted by Gasteiger charge is 2.28. The van der Waals surface area contributed by atoms with Gasteiger partial charge in [-0.05, 0) is 38.8 Å². The molecule has 0 radical (unpaired) electrons. The smallest absolute Gasteiger partial charge is 0.356 e. The summed E-state index contributed by atoms with van der Waals surface area (Å²) in [6, 6.07) is 3.36. The second-order valence-corrected chi connectivity index (χ2v) is 5.05. The Morgan fingerprint density at radius 1 is 1.50 bits per heavy atom. The SMILES string of the molecule is CC1(C)CC(Nc2ccc(C(=O)O)nn2)CCO1. The molecule has 1 saturated heterocycles. The molecule has 18 heavy (non-hydrogen) atoms. The minimum atomic E-state index is -1.07. The lowest BCUT2D eigenvalue weighted by atomic mass is 9.94. The van der Waals surface area contributed by atoms with Gasteiger partial charge in [-0.1, -0.05) is 0 Å². The molecule has 2 heterocycles. The summed E-state index contributed by atoms with van der Waals surface area (Å²) in [4.78, 5) is 10.6. The van der Waals surface area contributed by atoms with Gasteiger partial charge in [-0.3, -0.25) is 0 Å². The summed E-state index contributed by atoms with van der Waals surface area (Å²) in [5, 5.41) is 19.5. The summed E-state index contributed by atoms with van der Waals surface area (Å²) in [6.07, 6.45) is 1.79. The first-order valence-corrected chi connectivity index (χ1v) is 5.94. The molecule has 0 spiro atoms. The van der Waals surface area contributed by atoms with Crippen LogP contribution < -0.4 is 5.32 Å². The van der Waals surface area contributed by atoms with Gasteiger partial charge < -0.3 is 15.2 Å². The Labute approximate surface area is 105 Å². The molecule has 0 amide bonds. The number of nitrogens with zero attached hydrogens (tertiary/aromatic N) is 2. The second kappa shape index (κ2) is 4.89. The van der Waals surface area contributed by atoms with Crippen molar-refractivity contribution < 1.29 is 14.6 Å². The highest BCUT2D eigenvalue weighted by molar-refractivity contribution is 5.85. The number of aromatic carboxylic acids is 1. The van der Waals surface area contributed by atoms with E-state index in [1.165, 1.54) is 6.07 Å². The largest absolute Gasteiger partial charge is 0.476 e. The van der Waals surface area contributed by atoms with Gasteiger partial charge in [-0.15, -0.1) is 10.2 Å². The number of hydrogen-bond acceptors (Lipinski definition) is 5. The summed E-state index contributed by atoms with van der Waals surface area (Å²) in [5.74, 6) is -0.469. The van der Waals surface area contributed by atoms with Gasteiger partial charge in [-0.25, -0.2) is 4.79 Å². The Kier molecular flexibility index (Phi) is 3.47. The molecule has 0 bridgehead atoms.